The molecule has 1 aromatic heterocycles. The number of hydrogen-bond donors (Lipinski definition) is 1. The van der Waals surface area contributed by atoms with Gasteiger partial charge in [0, 0.05) is 18.0 Å². The van der Waals surface area contributed by atoms with E-state index >= 15 is 0 Å². The lowest BCUT2D eigenvalue weighted by Crippen LogP contribution is -2.31. The molecule has 0 aliphatic carbocycles. The molecule has 0 saturated carbocycles. The van der Waals surface area contributed by atoms with E-state index in [1.54, 1.807) is 11.3 Å². The van der Waals surface area contributed by atoms with Crippen molar-refractivity contribution < 1.29 is 4.79 Å². The van der Waals surface area contributed by atoms with Crippen molar-refractivity contribution in [2.24, 2.45) is 5.92 Å². The summed E-state index contributed by atoms with van der Waals surface area (Å²) in [6, 6.07) is 4.02. The Kier molecular flexibility index (Phi) is 6.63. The second kappa shape index (κ2) is 7.48. The average molecular weight is 354 g/mol. The molecule has 2 rings (SSSR count). The lowest BCUT2D eigenvalue weighted by molar-refractivity contribution is -0.129. The molecule has 1 N–H and O–H groups in total. The number of amides is 1. The molecular weight excluding hydrogens is 336 g/mol. The van der Waals surface area contributed by atoms with Crippen LogP contribution in [-0.4, -0.2) is 37.5 Å². The summed E-state index contributed by atoms with van der Waals surface area (Å²) in [6.45, 7) is 2.83. The molecule has 1 unspecified atom stereocenters. The lowest BCUT2D eigenvalue weighted by Gasteiger charge is -2.16. The van der Waals surface area contributed by atoms with Gasteiger partial charge in [0.1, 0.15) is 0 Å². The van der Waals surface area contributed by atoms with Crippen LogP contribution in [0.25, 0.3) is 0 Å². The van der Waals surface area contributed by atoms with Gasteiger partial charge < -0.3 is 10.2 Å². The Morgan fingerprint density at radius 1 is 1.61 bits per heavy atom. The zero-order chi connectivity index (χ0) is 12.3. The van der Waals surface area contributed by atoms with Crippen molar-refractivity contribution >= 4 is 45.6 Å². The van der Waals surface area contributed by atoms with Crippen LogP contribution in [0.2, 0.25) is 0 Å². The zero-order valence-electron chi connectivity index (χ0n) is 10.3. The standard InChI is InChI=1S/C12H17BrN2OS.ClH/c1-14-7-9-4-5-15(8-9)12(16)6-10-2-3-11(13)17-10;/h2-3,9,14H,4-8H2,1H3;1H. The quantitative estimate of drug-likeness (QED) is 0.902. The molecule has 102 valence electrons. The summed E-state index contributed by atoms with van der Waals surface area (Å²) in [5.74, 6) is 0.886. The number of likely N-dealkylation sites (tertiary alicyclic amines) is 1. The monoisotopic (exact) mass is 352 g/mol. The SMILES string of the molecule is CNCC1CCN(C(=O)Cc2ccc(Br)s2)C1.Cl. The van der Waals surface area contributed by atoms with Gasteiger partial charge in [0.05, 0.1) is 10.2 Å². The number of nitrogens with zero attached hydrogens (tertiary/aromatic N) is 1. The van der Waals surface area contributed by atoms with Crippen LogP contribution in [0.15, 0.2) is 15.9 Å². The van der Waals surface area contributed by atoms with E-state index < -0.39 is 0 Å². The van der Waals surface area contributed by atoms with Gasteiger partial charge >= 0.3 is 0 Å². The molecular formula is C12H18BrClN2OS. The Balaban J connectivity index is 0.00000162. The van der Waals surface area contributed by atoms with Crippen molar-refractivity contribution in [2.75, 3.05) is 26.7 Å². The molecule has 0 radical (unpaired) electrons. The molecule has 2 heterocycles. The Labute approximate surface area is 126 Å². The van der Waals surface area contributed by atoms with Gasteiger partial charge in [0.25, 0.3) is 0 Å². The third-order valence-electron chi connectivity index (χ3n) is 3.09. The molecule has 6 heteroatoms. The largest absolute Gasteiger partial charge is 0.342 e. The Hall–Kier alpha value is -0.100. The van der Waals surface area contributed by atoms with Crippen LogP contribution >= 0.6 is 39.7 Å². The highest BCUT2D eigenvalue weighted by molar-refractivity contribution is 9.11. The van der Waals surface area contributed by atoms with E-state index in [2.05, 4.69) is 21.2 Å². The molecule has 1 aliphatic rings. The number of hydrogen-bond acceptors (Lipinski definition) is 3. The zero-order valence-corrected chi connectivity index (χ0v) is 13.5. The maximum Gasteiger partial charge on any atom is 0.227 e. The summed E-state index contributed by atoms with van der Waals surface area (Å²) < 4.78 is 1.09. The summed E-state index contributed by atoms with van der Waals surface area (Å²) in [7, 11) is 1.97. The van der Waals surface area contributed by atoms with E-state index in [9.17, 15) is 4.79 Å². The van der Waals surface area contributed by atoms with E-state index in [4.69, 9.17) is 0 Å². The molecule has 3 nitrogen and oxygen atoms in total. The van der Waals surface area contributed by atoms with Crippen LogP contribution in [0.3, 0.4) is 0 Å². The first-order valence-electron chi connectivity index (χ1n) is 5.85. The molecule has 18 heavy (non-hydrogen) atoms. The molecule has 1 atom stereocenters. The Morgan fingerprint density at radius 2 is 2.39 bits per heavy atom. The minimum absolute atomic E-state index is 0. The van der Waals surface area contributed by atoms with Crippen molar-refractivity contribution in [2.45, 2.75) is 12.8 Å². The van der Waals surface area contributed by atoms with Crippen molar-refractivity contribution in [1.82, 2.24) is 10.2 Å². The van der Waals surface area contributed by atoms with Crippen LogP contribution in [0.5, 0.6) is 0 Å². The second-order valence-corrected chi connectivity index (χ2v) is 6.98. The van der Waals surface area contributed by atoms with Crippen molar-refractivity contribution in [3.63, 3.8) is 0 Å². The van der Waals surface area contributed by atoms with Gasteiger partial charge in [-0.1, -0.05) is 0 Å². The molecule has 1 aromatic rings. The lowest BCUT2D eigenvalue weighted by atomic mass is 10.1. The smallest absolute Gasteiger partial charge is 0.227 e. The summed E-state index contributed by atoms with van der Waals surface area (Å²) >= 11 is 5.06. The van der Waals surface area contributed by atoms with E-state index in [0.717, 1.165) is 34.7 Å². The Bertz CT molecular complexity index is 399. The van der Waals surface area contributed by atoms with Gasteiger partial charge in [-0.2, -0.15) is 0 Å². The predicted molar refractivity (Wildman–Crippen MR) is 81.6 cm³/mol. The molecule has 0 bridgehead atoms. The average Bonchev–Trinajstić information content (AvgIpc) is 2.88. The number of halogens is 2. The third-order valence-corrected chi connectivity index (χ3v) is 4.71. The van der Waals surface area contributed by atoms with Gasteiger partial charge in [-0.25, -0.2) is 0 Å². The summed E-state index contributed by atoms with van der Waals surface area (Å²) in [5, 5.41) is 3.18. The third kappa shape index (κ3) is 4.23. The first-order valence-corrected chi connectivity index (χ1v) is 7.46. The van der Waals surface area contributed by atoms with Gasteiger partial charge in [-0.3, -0.25) is 4.79 Å². The van der Waals surface area contributed by atoms with Gasteiger partial charge in [0.15, 0.2) is 0 Å². The molecule has 1 fully saturated rings. The Morgan fingerprint density at radius 3 is 3.00 bits per heavy atom. The first kappa shape index (κ1) is 16.0. The van der Waals surface area contributed by atoms with E-state index in [1.165, 1.54) is 0 Å². The normalized spacial score (nSPS) is 18.8. The topological polar surface area (TPSA) is 32.3 Å². The van der Waals surface area contributed by atoms with Crippen LogP contribution in [0.4, 0.5) is 0 Å². The fraction of sp³-hybridized carbons (Fsp3) is 0.583. The fourth-order valence-electron chi connectivity index (χ4n) is 2.22. The number of carbonyl (C=O) groups is 1. The first-order chi connectivity index (χ1) is 8.19. The summed E-state index contributed by atoms with van der Waals surface area (Å²) in [6.07, 6.45) is 1.67. The van der Waals surface area contributed by atoms with Crippen LogP contribution in [-0.2, 0) is 11.2 Å². The number of thiophene rings is 1. The summed E-state index contributed by atoms with van der Waals surface area (Å²) in [4.78, 5) is 15.2. The maximum atomic E-state index is 12.1. The number of carbonyl (C=O) groups excluding carboxylic acids is 1. The van der Waals surface area contributed by atoms with E-state index in [-0.39, 0.29) is 18.3 Å². The van der Waals surface area contributed by atoms with Crippen molar-refractivity contribution in [3.05, 3.63) is 20.8 Å². The molecule has 1 aliphatic heterocycles. The molecule has 0 spiro atoms. The van der Waals surface area contributed by atoms with Crippen LogP contribution in [0.1, 0.15) is 11.3 Å². The highest BCUT2D eigenvalue weighted by Gasteiger charge is 2.25. The molecule has 1 saturated heterocycles. The van der Waals surface area contributed by atoms with Gasteiger partial charge in [-0.05, 0) is 54.0 Å². The van der Waals surface area contributed by atoms with Crippen LogP contribution < -0.4 is 5.32 Å². The minimum atomic E-state index is 0. The molecule has 1 amide bonds. The fourth-order valence-corrected chi connectivity index (χ4v) is 3.70. The van der Waals surface area contributed by atoms with Gasteiger partial charge in [0.2, 0.25) is 5.91 Å². The van der Waals surface area contributed by atoms with Crippen molar-refractivity contribution in [1.29, 1.82) is 0 Å². The predicted octanol–water partition coefficient (Wildman–Crippen LogP) is 2.54. The highest BCUT2D eigenvalue weighted by atomic mass is 79.9. The second-order valence-electron chi connectivity index (χ2n) is 4.43. The van der Waals surface area contributed by atoms with Gasteiger partial charge in [-0.15, -0.1) is 23.7 Å². The summed E-state index contributed by atoms with van der Waals surface area (Å²) in [5.41, 5.74) is 0. The van der Waals surface area contributed by atoms with Crippen molar-refractivity contribution in [3.8, 4) is 0 Å². The van der Waals surface area contributed by atoms with E-state index in [1.807, 2.05) is 24.1 Å². The minimum Gasteiger partial charge on any atom is -0.342 e. The number of nitrogens with one attached hydrogen (secondary N) is 1. The van der Waals surface area contributed by atoms with E-state index in [0.29, 0.717) is 12.3 Å². The maximum absolute atomic E-state index is 12.1. The molecule has 0 aromatic carbocycles. The van der Waals surface area contributed by atoms with Crippen LogP contribution in [0, 0.1) is 5.92 Å². The highest BCUT2D eigenvalue weighted by Crippen LogP contribution is 2.24. The number of rotatable bonds is 4.